The van der Waals surface area contributed by atoms with Gasteiger partial charge in [-0.2, -0.15) is 31.4 Å². The number of nitrogens with two attached hydrogens (primary N) is 2. The predicted octanol–water partition coefficient (Wildman–Crippen LogP) is 6.25. The van der Waals surface area contributed by atoms with Gasteiger partial charge in [-0.1, -0.05) is 11.2 Å². The van der Waals surface area contributed by atoms with Crippen LogP contribution in [0.15, 0.2) is 71.5 Å². The number of fused-ring (bicyclic) bond motifs is 2. The van der Waals surface area contributed by atoms with Crippen molar-refractivity contribution in [3.8, 4) is 22.6 Å². The van der Waals surface area contributed by atoms with Crippen LogP contribution in [0.1, 0.15) is 16.9 Å². The SMILES string of the molecule is CN(C)CCCN(c1ccncc1)c1ccc(-c2ccc3c(C(N)=O)nn(-c4cc5c(N)noc5cc4O)c3c2F)c(F)c1.O=C(O)C(F)(F)F.O=C(O)C(F)(F)F. The molecule has 0 atom stereocenters. The molecule has 3 aromatic heterocycles. The van der Waals surface area contributed by atoms with E-state index in [-0.39, 0.29) is 50.6 Å². The molecule has 0 spiro atoms. The van der Waals surface area contributed by atoms with E-state index in [9.17, 15) is 36.2 Å². The molecule has 0 aliphatic rings. The van der Waals surface area contributed by atoms with Gasteiger partial charge >= 0.3 is 24.3 Å². The number of aromatic hydroxyl groups is 1. The zero-order valence-electron chi connectivity index (χ0n) is 29.8. The van der Waals surface area contributed by atoms with Crippen molar-refractivity contribution in [3.05, 3.63) is 84.3 Å². The van der Waals surface area contributed by atoms with Crippen molar-refractivity contribution < 1.29 is 69.3 Å². The van der Waals surface area contributed by atoms with Crippen LogP contribution in [0, 0.1) is 11.6 Å². The number of carbonyl (C=O) groups excluding carboxylic acids is 1. The average Bonchev–Trinajstić information content (AvgIpc) is 3.70. The second kappa shape index (κ2) is 17.4. The first-order valence-corrected chi connectivity index (χ1v) is 16.1. The summed E-state index contributed by atoms with van der Waals surface area (Å²) >= 11 is 0. The van der Waals surface area contributed by atoms with E-state index in [1.807, 2.05) is 31.1 Å². The summed E-state index contributed by atoms with van der Waals surface area (Å²) in [7, 11) is 3.97. The molecule has 0 unspecified atom stereocenters. The van der Waals surface area contributed by atoms with Gasteiger partial charge in [-0.25, -0.2) is 23.1 Å². The number of halogens is 8. The third-order valence-electron chi connectivity index (χ3n) is 7.84. The Morgan fingerprint density at radius 1 is 0.828 bits per heavy atom. The largest absolute Gasteiger partial charge is 0.506 e. The highest BCUT2D eigenvalue weighted by atomic mass is 19.4. The quantitative estimate of drug-likeness (QED) is 0.102. The standard InChI is InChI=1S/C31H28F2N8O3.2C2HF3O2/c1-39(2)12-3-13-40(17-8-10-36-11-9-17)18-4-5-19(23(32)14-18)20-6-7-21-28(31(35)43)37-41(29(21)27(20)33)24-15-22-26(16-25(24)42)44-38-30(22)34;2*3-2(4,5)1(6)7/h4-11,14-16,42H,3,12-13H2,1-2H3,(H2,34,38)(H2,35,43);2*(H,6,7). The molecular weight excluding hydrogens is 796 g/mol. The number of amides is 1. The number of nitrogens with zero attached hydrogens (tertiary/aromatic N) is 6. The van der Waals surface area contributed by atoms with Gasteiger partial charge in [0.1, 0.15) is 22.8 Å². The minimum atomic E-state index is -5.08. The number of phenolic OH excluding ortho intramolecular Hbond substituents is 1. The van der Waals surface area contributed by atoms with Gasteiger partial charge in [-0.05, 0) is 69.5 Å². The maximum atomic E-state index is 16.5. The van der Waals surface area contributed by atoms with Crippen LogP contribution in [0.5, 0.6) is 5.75 Å². The van der Waals surface area contributed by atoms with E-state index < -0.39 is 41.8 Å². The number of carboxylic acid groups (broad SMARTS) is 2. The smallest absolute Gasteiger partial charge is 0.490 e. The lowest BCUT2D eigenvalue weighted by Gasteiger charge is -2.26. The summed E-state index contributed by atoms with van der Waals surface area (Å²) in [6, 6.07) is 13.7. The molecule has 3 heterocycles. The van der Waals surface area contributed by atoms with Gasteiger partial charge in [0.05, 0.1) is 5.39 Å². The molecule has 0 saturated heterocycles. The second-order valence-electron chi connectivity index (χ2n) is 12.1. The van der Waals surface area contributed by atoms with Crippen LogP contribution in [0.25, 0.3) is 38.7 Å². The van der Waals surface area contributed by atoms with E-state index in [1.54, 1.807) is 18.5 Å². The number of nitrogen functional groups attached to an aromatic ring is 1. The Morgan fingerprint density at radius 2 is 1.41 bits per heavy atom. The number of anilines is 3. The number of pyridine rings is 1. The Labute approximate surface area is 320 Å². The van der Waals surface area contributed by atoms with Gasteiger partial charge in [-0.15, -0.1) is 0 Å². The summed E-state index contributed by atoms with van der Waals surface area (Å²) in [6.45, 7) is 1.45. The summed E-state index contributed by atoms with van der Waals surface area (Å²) in [5.74, 6) is -8.26. The van der Waals surface area contributed by atoms with Gasteiger partial charge in [0.15, 0.2) is 22.9 Å². The van der Waals surface area contributed by atoms with Crippen LogP contribution in [0.3, 0.4) is 0 Å². The van der Waals surface area contributed by atoms with Crippen molar-refractivity contribution in [2.45, 2.75) is 18.8 Å². The van der Waals surface area contributed by atoms with Crippen LogP contribution in [0.4, 0.5) is 52.3 Å². The van der Waals surface area contributed by atoms with Crippen LogP contribution in [0.2, 0.25) is 0 Å². The van der Waals surface area contributed by atoms with E-state index in [0.29, 0.717) is 17.6 Å². The van der Waals surface area contributed by atoms with E-state index in [1.165, 1.54) is 36.4 Å². The molecule has 1 amide bonds. The first kappa shape index (κ1) is 43.7. The third kappa shape index (κ3) is 10.0. The maximum Gasteiger partial charge on any atom is 0.490 e. The number of carbonyl (C=O) groups is 3. The Morgan fingerprint density at radius 3 is 1.95 bits per heavy atom. The summed E-state index contributed by atoms with van der Waals surface area (Å²) < 4.78 is 102. The number of hydrogen-bond donors (Lipinski definition) is 5. The third-order valence-corrected chi connectivity index (χ3v) is 7.84. The first-order valence-electron chi connectivity index (χ1n) is 16.1. The zero-order valence-corrected chi connectivity index (χ0v) is 29.8. The monoisotopic (exact) mass is 826 g/mol. The molecule has 15 nitrogen and oxygen atoms in total. The van der Waals surface area contributed by atoms with Crippen molar-refractivity contribution >= 4 is 56.9 Å². The average molecular weight is 827 g/mol. The Kier molecular flexibility index (Phi) is 13.1. The van der Waals surface area contributed by atoms with Crippen molar-refractivity contribution in [3.63, 3.8) is 0 Å². The van der Waals surface area contributed by atoms with Crippen molar-refractivity contribution in [1.29, 1.82) is 0 Å². The van der Waals surface area contributed by atoms with E-state index in [0.717, 1.165) is 23.3 Å². The van der Waals surface area contributed by atoms with E-state index in [4.69, 9.17) is 35.8 Å². The Bertz CT molecular complexity index is 2430. The highest BCUT2D eigenvalue weighted by Gasteiger charge is 2.39. The molecule has 0 saturated carbocycles. The summed E-state index contributed by atoms with van der Waals surface area (Å²) in [5.41, 5.74) is 12.5. The minimum Gasteiger partial charge on any atom is -0.506 e. The lowest BCUT2D eigenvalue weighted by Crippen LogP contribution is -2.23. The number of rotatable bonds is 9. The normalized spacial score (nSPS) is 11.5. The number of aliphatic carboxylic acids is 2. The molecule has 58 heavy (non-hydrogen) atoms. The fourth-order valence-electron chi connectivity index (χ4n) is 5.25. The molecule has 0 fully saturated rings. The van der Waals surface area contributed by atoms with Crippen LogP contribution in [-0.2, 0) is 9.59 Å². The molecule has 3 aromatic carbocycles. The van der Waals surface area contributed by atoms with E-state index in [2.05, 4.69) is 20.1 Å². The van der Waals surface area contributed by atoms with E-state index >= 15 is 8.78 Å². The lowest BCUT2D eigenvalue weighted by molar-refractivity contribution is -0.193. The molecule has 23 heteroatoms. The molecule has 0 aliphatic heterocycles. The van der Waals surface area contributed by atoms with Crippen molar-refractivity contribution in [2.75, 3.05) is 37.8 Å². The molecule has 6 aromatic rings. The molecule has 7 N–H and O–H groups in total. The molecular formula is C35H30F8N8O7. The van der Waals surface area contributed by atoms with Gasteiger partial charge in [-0.3, -0.25) is 9.78 Å². The van der Waals surface area contributed by atoms with Gasteiger partial charge < -0.3 is 41.1 Å². The Hall–Kier alpha value is -7.04. The number of carboxylic acids is 2. The highest BCUT2D eigenvalue weighted by molar-refractivity contribution is 6.06. The predicted molar refractivity (Wildman–Crippen MR) is 190 cm³/mol. The summed E-state index contributed by atoms with van der Waals surface area (Å²) in [4.78, 5) is 38.2. The van der Waals surface area contributed by atoms with Gasteiger partial charge in [0, 0.05) is 52.9 Å². The Balaban J connectivity index is 0.000000456. The number of primary amides is 1. The lowest BCUT2D eigenvalue weighted by atomic mass is 10.0. The van der Waals surface area contributed by atoms with Crippen molar-refractivity contribution in [1.82, 2.24) is 24.8 Å². The zero-order chi connectivity index (χ0) is 43.3. The van der Waals surface area contributed by atoms with Crippen LogP contribution < -0.4 is 16.4 Å². The molecule has 0 aliphatic carbocycles. The van der Waals surface area contributed by atoms with Gasteiger partial charge in [0.2, 0.25) is 0 Å². The van der Waals surface area contributed by atoms with Crippen LogP contribution in [-0.4, -0.2) is 97.5 Å². The molecule has 6 rings (SSSR count). The fraction of sp³-hybridized carbons (Fsp3) is 0.200. The number of benzene rings is 3. The summed E-state index contributed by atoms with van der Waals surface area (Å²) in [5, 5.41) is 33.3. The maximum absolute atomic E-state index is 16.5. The molecule has 308 valence electrons. The number of phenols is 1. The number of hydrogen-bond acceptors (Lipinski definition) is 11. The minimum absolute atomic E-state index is 0.00699. The molecule has 0 radical (unpaired) electrons. The molecule has 0 bridgehead atoms. The number of alkyl halides is 6. The second-order valence-corrected chi connectivity index (χ2v) is 12.1. The van der Waals surface area contributed by atoms with Gasteiger partial charge in [0.25, 0.3) is 5.91 Å². The first-order chi connectivity index (χ1) is 27.0. The highest BCUT2D eigenvalue weighted by Crippen LogP contribution is 2.38. The summed E-state index contributed by atoms with van der Waals surface area (Å²) in [6.07, 6.45) is -6.02. The topological polar surface area (TPSA) is 227 Å². The van der Waals surface area contributed by atoms with Crippen LogP contribution >= 0.6 is 0 Å². The van der Waals surface area contributed by atoms with Crippen molar-refractivity contribution in [2.24, 2.45) is 5.73 Å². The number of aromatic nitrogens is 4. The fourth-order valence-corrected chi connectivity index (χ4v) is 5.25.